The lowest BCUT2D eigenvalue weighted by Crippen LogP contribution is -2.21. The second-order valence-electron chi connectivity index (χ2n) is 4.12. The third-order valence-electron chi connectivity index (χ3n) is 2.72. The highest BCUT2D eigenvalue weighted by molar-refractivity contribution is 7.10. The Labute approximate surface area is 109 Å². The lowest BCUT2D eigenvalue weighted by Gasteiger charge is -2.16. The van der Waals surface area contributed by atoms with E-state index in [0.29, 0.717) is 6.04 Å². The highest BCUT2D eigenvalue weighted by Gasteiger charge is 2.12. The van der Waals surface area contributed by atoms with Gasteiger partial charge in [0.1, 0.15) is 5.75 Å². The quantitative estimate of drug-likeness (QED) is 0.527. The molecular formula is C14H23NOS. The fourth-order valence-electron chi connectivity index (χ4n) is 1.75. The van der Waals surface area contributed by atoms with Gasteiger partial charge in [0, 0.05) is 16.3 Å². The summed E-state index contributed by atoms with van der Waals surface area (Å²) >= 11 is 1.78. The average molecular weight is 253 g/mol. The van der Waals surface area contributed by atoms with E-state index in [4.69, 9.17) is 4.74 Å². The van der Waals surface area contributed by atoms with Crippen molar-refractivity contribution >= 4 is 11.3 Å². The third kappa shape index (κ3) is 4.92. The van der Waals surface area contributed by atoms with Gasteiger partial charge >= 0.3 is 0 Å². The molecule has 0 aromatic carbocycles. The van der Waals surface area contributed by atoms with Crippen molar-refractivity contribution < 1.29 is 4.74 Å². The molecule has 3 heteroatoms. The van der Waals surface area contributed by atoms with Crippen LogP contribution < -0.4 is 10.1 Å². The van der Waals surface area contributed by atoms with Crippen LogP contribution in [0.25, 0.3) is 0 Å². The molecule has 0 aliphatic rings. The predicted octanol–water partition coefficient (Wildman–Crippen LogP) is 4.15. The fraction of sp³-hybridized carbons (Fsp3) is 0.571. The molecule has 1 rings (SSSR count). The standard InChI is InChI=1S/C14H23NOS/c1-4-6-7-8-13(15-9-5-2)14-10-12(16-3)11-17-14/h4,10-11,13,15H,1,5-9H2,2-3H3. The zero-order chi connectivity index (χ0) is 12.5. The van der Waals surface area contributed by atoms with Crippen molar-refractivity contribution in [3.8, 4) is 5.75 Å². The highest BCUT2D eigenvalue weighted by Crippen LogP contribution is 2.29. The van der Waals surface area contributed by atoms with Gasteiger partial charge in [0.05, 0.1) is 7.11 Å². The average Bonchev–Trinajstić information content (AvgIpc) is 2.82. The van der Waals surface area contributed by atoms with Crippen LogP contribution in [0.3, 0.4) is 0 Å². The maximum absolute atomic E-state index is 5.24. The van der Waals surface area contributed by atoms with Crippen LogP contribution in [0.15, 0.2) is 24.1 Å². The van der Waals surface area contributed by atoms with Crippen LogP contribution in [0.4, 0.5) is 0 Å². The molecule has 2 nitrogen and oxygen atoms in total. The molecule has 1 aromatic heterocycles. The molecule has 1 N–H and O–H groups in total. The Bertz CT molecular complexity index is 322. The van der Waals surface area contributed by atoms with E-state index in [2.05, 4.69) is 30.3 Å². The molecule has 1 atom stereocenters. The van der Waals surface area contributed by atoms with Crippen molar-refractivity contribution in [1.82, 2.24) is 5.32 Å². The van der Waals surface area contributed by atoms with E-state index in [1.807, 2.05) is 6.08 Å². The summed E-state index contributed by atoms with van der Waals surface area (Å²) in [5.74, 6) is 0.969. The number of allylic oxidation sites excluding steroid dienone is 1. The first kappa shape index (κ1) is 14.3. The summed E-state index contributed by atoms with van der Waals surface area (Å²) in [6.07, 6.45) is 6.60. The monoisotopic (exact) mass is 253 g/mol. The van der Waals surface area contributed by atoms with Gasteiger partial charge in [0.15, 0.2) is 0 Å². The van der Waals surface area contributed by atoms with Gasteiger partial charge in [-0.05, 0) is 38.3 Å². The maximum atomic E-state index is 5.24. The number of hydrogen-bond acceptors (Lipinski definition) is 3. The number of rotatable bonds is 9. The Morgan fingerprint density at radius 3 is 3.00 bits per heavy atom. The smallest absolute Gasteiger partial charge is 0.129 e. The van der Waals surface area contributed by atoms with Gasteiger partial charge < -0.3 is 10.1 Å². The predicted molar refractivity (Wildman–Crippen MR) is 76.0 cm³/mol. The Kier molecular flexibility index (Phi) is 6.97. The summed E-state index contributed by atoms with van der Waals surface area (Å²) in [7, 11) is 1.72. The normalized spacial score (nSPS) is 12.4. The summed E-state index contributed by atoms with van der Waals surface area (Å²) in [4.78, 5) is 1.37. The topological polar surface area (TPSA) is 21.3 Å². The number of methoxy groups -OCH3 is 1. The third-order valence-corrected chi connectivity index (χ3v) is 3.74. The van der Waals surface area contributed by atoms with Crippen LogP contribution in [0.1, 0.15) is 43.5 Å². The van der Waals surface area contributed by atoms with Crippen LogP contribution >= 0.6 is 11.3 Å². The molecule has 0 aliphatic carbocycles. The van der Waals surface area contributed by atoms with Crippen molar-refractivity contribution in [1.29, 1.82) is 0 Å². The SMILES string of the molecule is C=CCCCC(NCCC)c1cc(OC)cs1. The molecule has 0 saturated heterocycles. The van der Waals surface area contributed by atoms with Crippen molar-refractivity contribution in [2.45, 2.75) is 38.6 Å². The summed E-state index contributed by atoms with van der Waals surface area (Å²) < 4.78 is 5.24. The maximum Gasteiger partial charge on any atom is 0.129 e. The molecule has 1 unspecified atom stereocenters. The molecule has 17 heavy (non-hydrogen) atoms. The minimum absolute atomic E-state index is 0.462. The zero-order valence-electron chi connectivity index (χ0n) is 10.9. The number of nitrogens with one attached hydrogen (secondary N) is 1. The highest BCUT2D eigenvalue weighted by atomic mass is 32.1. The van der Waals surface area contributed by atoms with Gasteiger partial charge in [0.2, 0.25) is 0 Å². The lowest BCUT2D eigenvalue weighted by atomic mass is 10.1. The Balaban J connectivity index is 2.56. The molecule has 0 saturated carbocycles. The molecular weight excluding hydrogens is 230 g/mol. The Hall–Kier alpha value is -0.800. The molecule has 1 heterocycles. The summed E-state index contributed by atoms with van der Waals surface area (Å²) in [5, 5.41) is 5.68. The van der Waals surface area contributed by atoms with Crippen LogP contribution in [-0.4, -0.2) is 13.7 Å². The lowest BCUT2D eigenvalue weighted by molar-refractivity contribution is 0.415. The molecule has 0 fully saturated rings. The minimum atomic E-state index is 0.462. The summed E-state index contributed by atoms with van der Waals surface area (Å²) in [6.45, 7) is 7.04. The van der Waals surface area contributed by atoms with E-state index >= 15 is 0 Å². The minimum Gasteiger partial charge on any atom is -0.496 e. The van der Waals surface area contributed by atoms with Gasteiger partial charge in [-0.25, -0.2) is 0 Å². The second-order valence-corrected chi connectivity index (χ2v) is 5.06. The van der Waals surface area contributed by atoms with Gasteiger partial charge in [-0.2, -0.15) is 0 Å². The Morgan fingerprint density at radius 2 is 2.41 bits per heavy atom. The fourth-order valence-corrected chi connectivity index (χ4v) is 2.72. The van der Waals surface area contributed by atoms with Crippen molar-refractivity contribution in [2.75, 3.05) is 13.7 Å². The molecule has 0 amide bonds. The molecule has 0 bridgehead atoms. The largest absolute Gasteiger partial charge is 0.496 e. The number of thiophene rings is 1. The first-order valence-corrected chi connectivity index (χ1v) is 7.16. The van der Waals surface area contributed by atoms with Crippen LogP contribution in [0.2, 0.25) is 0 Å². The zero-order valence-corrected chi connectivity index (χ0v) is 11.7. The van der Waals surface area contributed by atoms with Gasteiger partial charge in [-0.1, -0.05) is 13.0 Å². The summed E-state index contributed by atoms with van der Waals surface area (Å²) in [6, 6.07) is 2.61. The summed E-state index contributed by atoms with van der Waals surface area (Å²) in [5.41, 5.74) is 0. The van der Waals surface area contributed by atoms with Crippen LogP contribution in [0.5, 0.6) is 5.75 Å². The van der Waals surface area contributed by atoms with E-state index in [-0.39, 0.29) is 0 Å². The van der Waals surface area contributed by atoms with Crippen molar-refractivity contribution in [2.24, 2.45) is 0 Å². The first-order chi connectivity index (χ1) is 8.31. The molecule has 96 valence electrons. The van der Waals surface area contributed by atoms with E-state index in [1.54, 1.807) is 18.4 Å². The van der Waals surface area contributed by atoms with Crippen LogP contribution in [-0.2, 0) is 0 Å². The van der Waals surface area contributed by atoms with E-state index in [1.165, 1.54) is 17.7 Å². The van der Waals surface area contributed by atoms with Crippen LogP contribution in [0, 0.1) is 0 Å². The van der Waals surface area contributed by atoms with E-state index in [0.717, 1.165) is 25.1 Å². The number of unbranched alkanes of at least 4 members (excludes halogenated alkanes) is 1. The van der Waals surface area contributed by atoms with Crippen molar-refractivity contribution in [3.05, 3.63) is 29.0 Å². The number of ether oxygens (including phenoxy) is 1. The molecule has 0 radical (unpaired) electrons. The van der Waals surface area contributed by atoms with Gasteiger partial charge in [-0.15, -0.1) is 17.9 Å². The Morgan fingerprint density at radius 1 is 1.59 bits per heavy atom. The van der Waals surface area contributed by atoms with Gasteiger partial charge in [-0.3, -0.25) is 0 Å². The second kappa shape index (κ2) is 8.31. The van der Waals surface area contributed by atoms with Gasteiger partial charge in [0.25, 0.3) is 0 Å². The molecule has 0 aliphatic heterocycles. The first-order valence-electron chi connectivity index (χ1n) is 6.28. The van der Waals surface area contributed by atoms with Crippen molar-refractivity contribution in [3.63, 3.8) is 0 Å². The van der Waals surface area contributed by atoms with E-state index < -0.39 is 0 Å². The van der Waals surface area contributed by atoms with E-state index in [9.17, 15) is 0 Å². The molecule has 1 aromatic rings. The molecule has 0 spiro atoms. The number of hydrogen-bond donors (Lipinski definition) is 1.